The smallest absolute Gasteiger partial charge is 0.429 e. The number of halogens is 9. The highest BCUT2D eigenvalue weighted by molar-refractivity contribution is 5.66. The number of benzene rings is 4. The molecule has 0 heterocycles. The fourth-order valence-electron chi connectivity index (χ4n) is 3.48. The molecular weight excluding hydrogens is 523 g/mol. The van der Waals surface area contributed by atoms with Crippen LogP contribution in [0.2, 0.25) is 0 Å². The highest BCUT2D eigenvalue weighted by atomic mass is 19.3. The van der Waals surface area contributed by atoms with E-state index in [2.05, 4.69) is 16.6 Å². The predicted molar refractivity (Wildman–Crippen MR) is 120 cm³/mol. The minimum Gasteiger partial charge on any atom is -0.429 e. The molecule has 0 atom stereocenters. The lowest BCUT2D eigenvalue weighted by atomic mass is 10.0. The summed E-state index contributed by atoms with van der Waals surface area (Å²) in [6, 6.07) is 8.59. The van der Waals surface area contributed by atoms with E-state index in [0.717, 1.165) is 12.1 Å². The Morgan fingerprint density at radius 2 is 1.26 bits per heavy atom. The van der Waals surface area contributed by atoms with Crippen LogP contribution in [0.25, 0.3) is 11.1 Å². The van der Waals surface area contributed by atoms with Crippen LogP contribution >= 0.6 is 0 Å². The summed E-state index contributed by atoms with van der Waals surface area (Å²) in [5, 5.41) is 0. The average Bonchev–Trinajstić information content (AvgIpc) is 2.81. The van der Waals surface area contributed by atoms with Gasteiger partial charge in [0.05, 0.1) is 5.56 Å². The minimum absolute atomic E-state index is 0.0640. The molecule has 0 saturated carbocycles. The average molecular weight is 536 g/mol. The van der Waals surface area contributed by atoms with E-state index in [1.54, 1.807) is 13.0 Å². The van der Waals surface area contributed by atoms with E-state index in [9.17, 15) is 39.5 Å². The van der Waals surface area contributed by atoms with Crippen molar-refractivity contribution < 1.29 is 44.3 Å². The van der Waals surface area contributed by atoms with Gasteiger partial charge >= 0.3 is 6.11 Å². The molecule has 4 aromatic rings. The number of ether oxygens (including phenoxy) is 1. The Bertz CT molecular complexity index is 1570. The third-order valence-electron chi connectivity index (χ3n) is 5.28. The standard InChI is InChI=1S/C28H13F9O/c1-14-2-5-16(20(29)8-14)6-3-15-4-7-19(21(30)9-15)17-10-22(31)26(23(32)11-17)28(36,37)38-18-12-24(33)27(35)25(34)13-18/h2,4-5,7-13H,1H3. The van der Waals surface area contributed by atoms with Crippen LogP contribution in [-0.2, 0) is 6.11 Å². The molecule has 0 spiro atoms. The van der Waals surface area contributed by atoms with Crippen molar-refractivity contribution in [3.63, 3.8) is 0 Å². The Kier molecular flexibility index (Phi) is 7.14. The normalized spacial score (nSPS) is 11.2. The molecule has 0 aromatic heterocycles. The maximum atomic E-state index is 14.7. The highest BCUT2D eigenvalue weighted by Crippen LogP contribution is 2.38. The quantitative estimate of drug-likeness (QED) is 0.145. The minimum atomic E-state index is -4.79. The summed E-state index contributed by atoms with van der Waals surface area (Å²) in [6.07, 6.45) is -4.79. The van der Waals surface area contributed by atoms with E-state index >= 15 is 0 Å². The third-order valence-corrected chi connectivity index (χ3v) is 5.28. The molecule has 10 heteroatoms. The van der Waals surface area contributed by atoms with Gasteiger partial charge in [0.15, 0.2) is 17.5 Å². The zero-order chi connectivity index (χ0) is 27.8. The van der Waals surface area contributed by atoms with Gasteiger partial charge < -0.3 is 4.74 Å². The largest absolute Gasteiger partial charge is 0.432 e. The molecular formula is C28H13F9O. The second kappa shape index (κ2) is 10.2. The molecule has 0 N–H and O–H groups in total. The summed E-state index contributed by atoms with van der Waals surface area (Å²) in [7, 11) is 0. The number of rotatable bonds is 4. The van der Waals surface area contributed by atoms with E-state index in [0.29, 0.717) is 17.7 Å². The summed E-state index contributed by atoms with van der Waals surface area (Å²) < 4.78 is 131. The van der Waals surface area contributed by atoms with Crippen molar-refractivity contribution in [2.24, 2.45) is 0 Å². The Labute approximate surface area is 210 Å². The molecule has 0 amide bonds. The molecule has 38 heavy (non-hydrogen) atoms. The monoisotopic (exact) mass is 536 g/mol. The van der Waals surface area contributed by atoms with Crippen LogP contribution in [0.4, 0.5) is 39.5 Å². The van der Waals surface area contributed by atoms with Crippen molar-refractivity contribution in [1.29, 1.82) is 0 Å². The number of alkyl halides is 2. The summed E-state index contributed by atoms with van der Waals surface area (Å²) >= 11 is 0. The summed E-state index contributed by atoms with van der Waals surface area (Å²) in [4.78, 5) is 0. The van der Waals surface area contributed by atoms with Gasteiger partial charge in [0, 0.05) is 23.3 Å². The SMILES string of the molecule is Cc1ccc(C#Cc2ccc(-c3cc(F)c(C(F)(F)Oc4cc(F)c(F)c(F)c4)c(F)c3)c(F)c2)c(F)c1. The van der Waals surface area contributed by atoms with Crippen LogP contribution in [0, 0.1) is 59.5 Å². The lowest BCUT2D eigenvalue weighted by Crippen LogP contribution is -2.25. The Morgan fingerprint density at radius 1 is 0.632 bits per heavy atom. The molecule has 0 aliphatic rings. The van der Waals surface area contributed by atoms with Crippen LogP contribution in [0.3, 0.4) is 0 Å². The Hall–Kier alpha value is -4.39. The van der Waals surface area contributed by atoms with Crippen molar-refractivity contribution >= 4 is 0 Å². The number of hydrogen-bond donors (Lipinski definition) is 0. The molecule has 0 saturated heterocycles. The van der Waals surface area contributed by atoms with Crippen LogP contribution in [0.15, 0.2) is 60.7 Å². The van der Waals surface area contributed by atoms with Gasteiger partial charge in [0.25, 0.3) is 0 Å². The zero-order valence-corrected chi connectivity index (χ0v) is 19.1. The summed E-state index contributed by atoms with van der Waals surface area (Å²) in [5.41, 5.74) is -1.91. The van der Waals surface area contributed by atoms with Gasteiger partial charge in [0.2, 0.25) is 0 Å². The molecule has 1 nitrogen and oxygen atoms in total. The third kappa shape index (κ3) is 5.47. The first-order valence-corrected chi connectivity index (χ1v) is 10.6. The molecule has 4 aromatic carbocycles. The predicted octanol–water partition coefficient (Wildman–Crippen LogP) is 8.16. The van der Waals surface area contributed by atoms with Gasteiger partial charge in [-0.2, -0.15) is 8.78 Å². The lowest BCUT2D eigenvalue weighted by Gasteiger charge is -2.20. The molecule has 0 bridgehead atoms. The van der Waals surface area contributed by atoms with Gasteiger partial charge in [-0.1, -0.05) is 24.0 Å². The maximum absolute atomic E-state index is 14.7. The molecule has 0 fully saturated rings. The fraction of sp³-hybridized carbons (Fsp3) is 0.0714. The van der Waals surface area contributed by atoms with Crippen molar-refractivity contribution in [3.05, 3.63) is 124 Å². The van der Waals surface area contributed by atoms with E-state index in [1.807, 2.05) is 0 Å². The van der Waals surface area contributed by atoms with Crippen LogP contribution in [0.1, 0.15) is 22.3 Å². The van der Waals surface area contributed by atoms with Crippen LogP contribution in [-0.4, -0.2) is 0 Å². The van der Waals surface area contributed by atoms with Gasteiger partial charge in [-0.3, -0.25) is 0 Å². The molecule has 0 radical (unpaired) electrons. The van der Waals surface area contributed by atoms with Gasteiger partial charge in [-0.25, -0.2) is 30.7 Å². The summed E-state index contributed by atoms with van der Waals surface area (Å²) in [6.45, 7) is 1.69. The first-order chi connectivity index (χ1) is 17.9. The van der Waals surface area contributed by atoms with Gasteiger partial charge in [-0.15, -0.1) is 0 Å². The van der Waals surface area contributed by atoms with E-state index in [1.165, 1.54) is 18.2 Å². The topological polar surface area (TPSA) is 9.23 Å². The lowest BCUT2D eigenvalue weighted by molar-refractivity contribution is -0.189. The van der Waals surface area contributed by atoms with Crippen molar-refractivity contribution in [2.75, 3.05) is 0 Å². The molecule has 0 aliphatic carbocycles. The molecule has 4 rings (SSSR count). The van der Waals surface area contributed by atoms with Gasteiger partial charge in [-0.05, 0) is 54.4 Å². The first kappa shape index (κ1) is 26.7. The van der Waals surface area contributed by atoms with Crippen molar-refractivity contribution in [3.8, 4) is 28.7 Å². The van der Waals surface area contributed by atoms with Crippen molar-refractivity contribution in [2.45, 2.75) is 13.0 Å². The molecule has 0 unspecified atom stereocenters. The maximum Gasteiger partial charge on any atom is 0.432 e. The molecule has 194 valence electrons. The summed E-state index contributed by atoms with van der Waals surface area (Å²) in [5.74, 6) is -7.11. The van der Waals surface area contributed by atoms with Crippen LogP contribution in [0.5, 0.6) is 5.75 Å². The van der Waals surface area contributed by atoms with E-state index in [-0.39, 0.29) is 28.8 Å². The zero-order valence-electron chi connectivity index (χ0n) is 19.1. The highest BCUT2D eigenvalue weighted by Gasteiger charge is 2.41. The second-order valence-corrected chi connectivity index (χ2v) is 8.06. The second-order valence-electron chi connectivity index (χ2n) is 8.06. The van der Waals surface area contributed by atoms with Crippen molar-refractivity contribution in [1.82, 2.24) is 0 Å². The van der Waals surface area contributed by atoms with E-state index in [4.69, 9.17) is 0 Å². The van der Waals surface area contributed by atoms with Gasteiger partial charge in [0.1, 0.15) is 34.6 Å². The number of hydrogen-bond acceptors (Lipinski definition) is 1. The fourth-order valence-corrected chi connectivity index (χ4v) is 3.48. The first-order valence-electron chi connectivity index (χ1n) is 10.6. The Morgan fingerprint density at radius 3 is 1.84 bits per heavy atom. The molecule has 0 aliphatic heterocycles. The number of aryl methyl sites for hydroxylation is 1. The van der Waals surface area contributed by atoms with Crippen LogP contribution < -0.4 is 4.74 Å². The van der Waals surface area contributed by atoms with E-state index < -0.39 is 63.7 Å². The Balaban J connectivity index is 1.63.